The van der Waals surface area contributed by atoms with Gasteiger partial charge in [0, 0.05) is 19.7 Å². The fraction of sp³-hybridized carbons (Fsp3) is 0.273. The van der Waals surface area contributed by atoms with E-state index >= 15 is 0 Å². The average Bonchev–Trinajstić information content (AvgIpc) is 2.77. The molecule has 0 saturated carbocycles. The summed E-state index contributed by atoms with van der Waals surface area (Å²) in [6, 6.07) is 4.41. The monoisotopic (exact) mass is 236 g/mol. The maximum Gasteiger partial charge on any atom is 0.240 e. The van der Waals surface area contributed by atoms with Crippen LogP contribution in [0, 0.1) is 5.82 Å². The van der Waals surface area contributed by atoms with Gasteiger partial charge in [0.1, 0.15) is 5.82 Å². The van der Waals surface area contributed by atoms with E-state index in [9.17, 15) is 4.39 Å². The topological polar surface area (TPSA) is 68.2 Å². The lowest BCUT2D eigenvalue weighted by atomic mass is 10.1. The minimum Gasteiger partial charge on any atom is -0.377 e. The molecule has 0 saturated heterocycles. The van der Waals surface area contributed by atoms with Crippen molar-refractivity contribution in [3.63, 3.8) is 0 Å². The molecule has 6 heteroatoms. The predicted molar refractivity (Wildman–Crippen MR) is 61.9 cm³/mol. The lowest BCUT2D eigenvalue weighted by Crippen LogP contribution is -2.10. The minimum atomic E-state index is -0.306. The number of hydrogen-bond acceptors (Lipinski definition) is 5. The van der Waals surface area contributed by atoms with Crippen LogP contribution in [0.3, 0.4) is 0 Å². The maximum atomic E-state index is 13.2. The molecule has 5 nitrogen and oxygen atoms in total. The predicted octanol–water partition coefficient (Wildman–Crippen LogP) is 1.40. The van der Waals surface area contributed by atoms with E-state index in [-0.39, 0.29) is 12.4 Å². The van der Waals surface area contributed by atoms with Crippen LogP contribution in [0.25, 0.3) is 11.4 Å². The molecule has 0 atom stereocenters. The number of hydrogen-bond donors (Lipinski definition) is 1. The van der Waals surface area contributed by atoms with Gasteiger partial charge >= 0.3 is 0 Å². The number of aromatic nitrogens is 2. The van der Waals surface area contributed by atoms with Gasteiger partial charge in [-0.1, -0.05) is 5.16 Å². The number of nitrogens with two attached hydrogens (primary N) is 1. The van der Waals surface area contributed by atoms with E-state index in [1.807, 2.05) is 14.1 Å². The van der Waals surface area contributed by atoms with Gasteiger partial charge in [-0.05, 0) is 18.2 Å². The first-order valence-corrected chi connectivity index (χ1v) is 5.11. The molecule has 0 aliphatic heterocycles. The van der Waals surface area contributed by atoms with Crippen LogP contribution in [-0.2, 0) is 6.54 Å². The van der Waals surface area contributed by atoms with Crippen LogP contribution < -0.4 is 10.6 Å². The summed E-state index contributed by atoms with van der Waals surface area (Å²) in [5.74, 6) is 0.461. The second kappa shape index (κ2) is 4.50. The zero-order valence-corrected chi connectivity index (χ0v) is 9.64. The van der Waals surface area contributed by atoms with E-state index in [0.717, 1.165) is 0 Å². The van der Waals surface area contributed by atoms with Crippen LogP contribution in [-0.4, -0.2) is 24.2 Å². The second-order valence-electron chi connectivity index (χ2n) is 3.77. The molecule has 0 bridgehead atoms. The Hall–Kier alpha value is -1.95. The second-order valence-corrected chi connectivity index (χ2v) is 3.77. The van der Waals surface area contributed by atoms with Gasteiger partial charge in [0.15, 0.2) is 0 Å². The molecule has 0 aliphatic rings. The van der Waals surface area contributed by atoms with Crippen molar-refractivity contribution in [2.24, 2.45) is 5.73 Å². The van der Waals surface area contributed by atoms with Crippen LogP contribution in [0.15, 0.2) is 22.7 Å². The summed E-state index contributed by atoms with van der Waals surface area (Å²) in [4.78, 5) is 5.91. The molecule has 0 radical (unpaired) electrons. The normalized spacial score (nSPS) is 10.6. The van der Waals surface area contributed by atoms with E-state index in [0.29, 0.717) is 23.0 Å². The highest BCUT2D eigenvalue weighted by atomic mass is 19.1. The standard InChI is InChI=1S/C11H13FN4O/c1-16(2)9-5-7(12)3-4-8(9)11-14-10(6-13)17-15-11/h3-5H,6,13H2,1-2H3. The van der Waals surface area contributed by atoms with Crippen molar-refractivity contribution in [1.82, 2.24) is 10.1 Å². The molecule has 1 heterocycles. The number of benzene rings is 1. The van der Waals surface area contributed by atoms with E-state index in [1.165, 1.54) is 12.1 Å². The van der Waals surface area contributed by atoms with Gasteiger partial charge in [-0.2, -0.15) is 4.98 Å². The Morgan fingerprint density at radius 3 is 2.76 bits per heavy atom. The molecule has 0 amide bonds. The molecule has 90 valence electrons. The summed E-state index contributed by atoms with van der Waals surface area (Å²) in [5.41, 5.74) is 6.79. The molecule has 17 heavy (non-hydrogen) atoms. The summed E-state index contributed by atoms with van der Waals surface area (Å²) < 4.78 is 18.1. The fourth-order valence-corrected chi connectivity index (χ4v) is 1.51. The largest absolute Gasteiger partial charge is 0.377 e. The molecule has 0 unspecified atom stereocenters. The SMILES string of the molecule is CN(C)c1cc(F)ccc1-c1noc(CN)n1. The molecule has 2 N–H and O–H groups in total. The summed E-state index contributed by atoms with van der Waals surface area (Å²) in [6.07, 6.45) is 0. The third-order valence-corrected chi connectivity index (χ3v) is 2.33. The van der Waals surface area contributed by atoms with E-state index in [2.05, 4.69) is 10.1 Å². The Kier molecular flexibility index (Phi) is 3.06. The summed E-state index contributed by atoms with van der Waals surface area (Å²) in [5, 5.41) is 3.81. The van der Waals surface area contributed by atoms with Gasteiger partial charge in [-0.15, -0.1) is 0 Å². The van der Waals surface area contributed by atoms with Crippen molar-refractivity contribution in [2.75, 3.05) is 19.0 Å². The lowest BCUT2D eigenvalue weighted by molar-refractivity contribution is 0.380. The van der Waals surface area contributed by atoms with Gasteiger partial charge in [-0.3, -0.25) is 0 Å². The molecule has 0 spiro atoms. The van der Waals surface area contributed by atoms with Crippen molar-refractivity contribution in [3.05, 3.63) is 29.9 Å². The van der Waals surface area contributed by atoms with Crippen molar-refractivity contribution >= 4 is 5.69 Å². The van der Waals surface area contributed by atoms with Gasteiger partial charge in [0.05, 0.1) is 12.2 Å². The van der Waals surface area contributed by atoms with Crippen LogP contribution in [0.4, 0.5) is 10.1 Å². The highest BCUT2D eigenvalue weighted by Crippen LogP contribution is 2.28. The zero-order valence-electron chi connectivity index (χ0n) is 9.64. The first-order valence-electron chi connectivity index (χ1n) is 5.11. The summed E-state index contributed by atoms with van der Waals surface area (Å²) >= 11 is 0. The average molecular weight is 236 g/mol. The maximum absolute atomic E-state index is 13.2. The smallest absolute Gasteiger partial charge is 0.240 e. The van der Waals surface area contributed by atoms with E-state index in [4.69, 9.17) is 10.3 Å². The van der Waals surface area contributed by atoms with Crippen molar-refractivity contribution in [2.45, 2.75) is 6.54 Å². The first-order chi connectivity index (χ1) is 8.11. The Morgan fingerprint density at radius 2 is 2.18 bits per heavy atom. The molecule has 1 aromatic carbocycles. The van der Waals surface area contributed by atoms with Crippen LogP contribution in [0.1, 0.15) is 5.89 Å². The Labute approximate surface area is 98.0 Å². The number of halogens is 1. The fourth-order valence-electron chi connectivity index (χ4n) is 1.51. The number of rotatable bonds is 3. The molecule has 0 aliphatic carbocycles. The van der Waals surface area contributed by atoms with Gasteiger partial charge in [0.2, 0.25) is 11.7 Å². The Balaban J connectivity index is 2.50. The lowest BCUT2D eigenvalue weighted by Gasteiger charge is -2.15. The van der Waals surface area contributed by atoms with Crippen LogP contribution in [0.2, 0.25) is 0 Å². The third kappa shape index (κ3) is 2.26. The van der Waals surface area contributed by atoms with Crippen LogP contribution >= 0.6 is 0 Å². The van der Waals surface area contributed by atoms with Crippen molar-refractivity contribution in [1.29, 1.82) is 0 Å². The highest BCUT2D eigenvalue weighted by Gasteiger charge is 2.13. The third-order valence-electron chi connectivity index (χ3n) is 2.33. The van der Waals surface area contributed by atoms with Crippen molar-refractivity contribution in [3.8, 4) is 11.4 Å². The molecule has 2 rings (SSSR count). The first kappa shape index (κ1) is 11.5. The Morgan fingerprint density at radius 1 is 1.41 bits per heavy atom. The number of nitrogens with zero attached hydrogens (tertiary/aromatic N) is 3. The minimum absolute atomic E-state index is 0.186. The summed E-state index contributed by atoms with van der Waals surface area (Å²) in [7, 11) is 3.64. The van der Waals surface area contributed by atoms with E-state index in [1.54, 1.807) is 11.0 Å². The van der Waals surface area contributed by atoms with Gasteiger partial charge in [-0.25, -0.2) is 4.39 Å². The molecule has 0 fully saturated rings. The quantitative estimate of drug-likeness (QED) is 0.872. The molecular weight excluding hydrogens is 223 g/mol. The van der Waals surface area contributed by atoms with Gasteiger partial charge < -0.3 is 15.2 Å². The molecule has 2 aromatic rings. The molecule has 1 aromatic heterocycles. The zero-order chi connectivity index (χ0) is 12.4. The van der Waals surface area contributed by atoms with Crippen LogP contribution in [0.5, 0.6) is 0 Å². The highest BCUT2D eigenvalue weighted by molar-refractivity contribution is 5.73. The van der Waals surface area contributed by atoms with Crippen molar-refractivity contribution < 1.29 is 8.91 Å². The number of anilines is 1. The molecular formula is C11H13FN4O. The van der Waals surface area contributed by atoms with E-state index < -0.39 is 0 Å². The Bertz CT molecular complexity index is 524. The van der Waals surface area contributed by atoms with Gasteiger partial charge in [0.25, 0.3) is 0 Å². The summed E-state index contributed by atoms with van der Waals surface area (Å²) in [6.45, 7) is 0.186.